The van der Waals surface area contributed by atoms with Gasteiger partial charge in [-0.3, -0.25) is 4.79 Å². The Kier molecular flexibility index (Phi) is 5.31. The van der Waals surface area contributed by atoms with Crippen molar-refractivity contribution in [2.75, 3.05) is 25.9 Å². The molecule has 0 aromatic carbocycles. The number of hydrogen-bond donors (Lipinski definition) is 1. The first-order chi connectivity index (χ1) is 10.9. The van der Waals surface area contributed by atoms with Gasteiger partial charge in [0.2, 0.25) is 15.9 Å². The third-order valence-corrected chi connectivity index (χ3v) is 7.37. The number of carbonyl (C=O) groups excluding carboxylic acids is 1. The van der Waals surface area contributed by atoms with E-state index >= 15 is 0 Å². The molecule has 6 heteroatoms. The number of sulfonamides is 1. The van der Waals surface area contributed by atoms with Gasteiger partial charge in [0.1, 0.15) is 0 Å². The summed E-state index contributed by atoms with van der Waals surface area (Å²) < 4.78 is 24.5. The van der Waals surface area contributed by atoms with E-state index in [4.69, 9.17) is 0 Å². The number of nitrogens with zero attached hydrogens (tertiary/aromatic N) is 1. The van der Waals surface area contributed by atoms with Gasteiger partial charge >= 0.3 is 0 Å². The average Bonchev–Trinajstić information content (AvgIpc) is 3.32. The molecule has 3 fully saturated rings. The lowest BCUT2D eigenvalue weighted by molar-refractivity contribution is -0.126. The van der Waals surface area contributed by atoms with Crippen molar-refractivity contribution in [3.05, 3.63) is 0 Å². The maximum atomic E-state index is 12.3. The highest BCUT2D eigenvalue weighted by molar-refractivity contribution is 7.88. The molecule has 2 aliphatic carbocycles. The van der Waals surface area contributed by atoms with E-state index < -0.39 is 10.0 Å². The summed E-state index contributed by atoms with van der Waals surface area (Å²) in [7, 11) is -3.11. The number of piperidine rings is 1. The summed E-state index contributed by atoms with van der Waals surface area (Å²) in [4.78, 5) is 12.3. The molecule has 1 amide bonds. The van der Waals surface area contributed by atoms with Crippen LogP contribution in [0.4, 0.5) is 0 Å². The molecule has 2 unspecified atom stereocenters. The Hall–Kier alpha value is -0.620. The van der Waals surface area contributed by atoms with E-state index in [2.05, 4.69) is 5.32 Å². The number of hydrogen-bond acceptors (Lipinski definition) is 3. The van der Waals surface area contributed by atoms with Crippen molar-refractivity contribution in [1.29, 1.82) is 0 Å². The number of amides is 1. The van der Waals surface area contributed by atoms with E-state index in [1.165, 1.54) is 49.1 Å². The zero-order valence-electron chi connectivity index (χ0n) is 14.2. The van der Waals surface area contributed by atoms with Gasteiger partial charge in [0, 0.05) is 25.6 Å². The molecule has 0 bridgehead atoms. The van der Waals surface area contributed by atoms with Crippen LogP contribution in [0.1, 0.15) is 51.4 Å². The van der Waals surface area contributed by atoms with Gasteiger partial charge in [-0.1, -0.05) is 32.1 Å². The Balaban J connectivity index is 1.36. The fourth-order valence-corrected chi connectivity index (χ4v) is 5.35. The predicted molar refractivity (Wildman–Crippen MR) is 90.3 cm³/mol. The van der Waals surface area contributed by atoms with Crippen molar-refractivity contribution in [2.45, 2.75) is 51.4 Å². The van der Waals surface area contributed by atoms with E-state index in [9.17, 15) is 13.2 Å². The van der Waals surface area contributed by atoms with Crippen molar-refractivity contribution < 1.29 is 13.2 Å². The van der Waals surface area contributed by atoms with Gasteiger partial charge in [0.25, 0.3) is 0 Å². The second-order valence-electron chi connectivity index (χ2n) is 7.74. The molecular weight excluding hydrogens is 312 g/mol. The molecule has 0 aromatic heterocycles. The first kappa shape index (κ1) is 17.2. The minimum Gasteiger partial charge on any atom is -0.356 e. The molecule has 0 aromatic rings. The lowest BCUT2D eigenvalue weighted by atomic mass is 9.85. The summed E-state index contributed by atoms with van der Waals surface area (Å²) in [5, 5.41) is 3.13. The quantitative estimate of drug-likeness (QED) is 0.831. The summed E-state index contributed by atoms with van der Waals surface area (Å²) in [6, 6.07) is 0. The molecule has 2 atom stereocenters. The van der Waals surface area contributed by atoms with Gasteiger partial charge in [-0.15, -0.1) is 0 Å². The molecule has 23 heavy (non-hydrogen) atoms. The van der Waals surface area contributed by atoms with Gasteiger partial charge in [0.15, 0.2) is 0 Å². The highest BCUT2D eigenvalue weighted by atomic mass is 32.2. The van der Waals surface area contributed by atoms with Crippen LogP contribution in [0.3, 0.4) is 0 Å². The third kappa shape index (κ3) is 4.47. The molecule has 0 radical (unpaired) electrons. The zero-order valence-corrected chi connectivity index (χ0v) is 15.0. The molecular formula is C17H30N2O3S. The summed E-state index contributed by atoms with van der Waals surface area (Å²) >= 11 is 0. The fraction of sp³-hybridized carbons (Fsp3) is 0.941. The highest BCUT2D eigenvalue weighted by Crippen LogP contribution is 2.48. The van der Waals surface area contributed by atoms with Crippen LogP contribution in [0, 0.1) is 23.7 Å². The Morgan fingerprint density at radius 3 is 2.35 bits per heavy atom. The zero-order chi connectivity index (χ0) is 16.4. The number of carbonyl (C=O) groups is 1. The lowest BCUT2D eigenvalue weighted by Gasteiger charge is -2.29. The predicted octanol–water partition coefficient (Wildman–Crippen LogP) is 1.99. The molecule has 1 N–H and O–H groups in total. The van der Waals surface area contributed by atoms with Crippen molar-refractivity contribution in [1.82, 2.24) is 9.62 Å². The number of rotatable bonds is 5. The molecule has 0 spiro atoms. The Labute approximate surface area is 140 Å². The van der Waals surface area contributed by atoms with Gasteiger partial charge in [0.05, 0.1) is 6.26 Å². The number of nitrogens with one attached hydrogen (secondary N) is 1. The van der Waals surface area contributed by atoms with Crippen molar-refractivity contribution in [3.63, 3.8) is 0 Å². The maximum absolute atomic E-state index is 12.3. The molecule has 3 rings (SSSR count). The van der Waals surface area contributed by atoms with Crippen LogP contribution in [0.2, 0.25) is 0 Å². The maximum Gasteiger partial charge on any atom is 0.223 e. The van der Waals surface area contributed by atoms with Gasteiger partial charge in [-0.25, -0.2) is 12.7 Å². The summed E-state index contributed by atoms with van der Waals surface area (Å²) in [5.41, 5.74) is 0. The molecule has 132 valence electrons. The topological polar surface area (TPSA) is 66.5 Å². The second kappa shape index (κ2) is 7.09. The molecule has 1 aliphatic heterocycles. The Morgan fingerprint density at radius 1 is 1.09 bits per heavy atom. The van der Waals surface area contributed by atoms with Crippen LogP contribution in [-0.2, 0) is 14.8 Å². The van der Waals surface area contributed by atoms with Crippen LogP contribution in [0.15, 0.2) is 0 Å². The second-order valence-corrected chi connectivity index (χ2v) is 9.72. The van der Waals surface area contributed by atoms with Crippen LogP contribution >= 0.6 is 0 Å². The monoisotopic (exact) mass is 342 g/mol. The smallest absolute Gasteiger partial charge is 0.223 e. The third-order valence-electron chi connectivity index (χ3n) is 6.06. The molecule has 3 aliphatic rings. The van der Waals surface area contributed by atoms with Crippen molar-refractivity contribution in [2.24, 2.45) is 23.7 Å². The summed E-state index contributed by atoms with van der Waals surface area (Å²) in [6.07, 6.45) is 10.8. The molecule has 1 heterocycles. The van der Waals surface area contributed by atoms with Crippen LogP contribution < -0.4 is 5.32 Å². The lowest BCUT2D eigenvalue weighted by Crippen LogP contribution is -2.43. The highest BCUT2D eigenvalue weighted by Gasteiger charge is 2.43. The van der Waals surface area contributed by atoms with Crippen molar-refractivity contribution >= 4 is 15.9 Å². The van der Waals surface area contributed by atoms with Crippen LogP contribution in [0.5, 0.6) is 0 Å². The normalized spacial score (nSPS) is 31.0. The minimum atomic E-state index is -3.11. The van der Waals surface area contributed by atoms with E-state index in [1.807, 2.05) is 0 Å². The average molecular weight is 343 g/mol. The van der Waals surface area contributed by atoms with E-state index in [0.29, 0.717) is 31.8 Å². The van der Waals surface area contributed by atoms with E-state index in [0.717, 1.165) is 18.4 Å². The Morgan fingerprint density at radius 2 is 1.74 bits per heavy atom. The summed E-state index contributed by atoms with van der Waals surface area (Å²) in [6.45, 7) is 1.78. The van der Waals surface area contributed by atoms with E-state index in [1.54, 1.807) is 0 Å². The fourth-order valence-electron chi connectivity index (χ4n) is 4.47. The summed E-state index contributed by atoms with van der Waals surface area (Å²) in [5.74, 6) is 2.57. The molecule has 2 saturated carbocycles. The van der Waals surface area contributed by atoms with Crippen LogP contribution in [0.25, 0.3) is 0 Å². The van der Waals surface area contributed by atoms with Gasteiger partial charge in [-0.2, -0.15) is 0 Å². The first-order valence-electron chi connectivity index (χ1n) is 9.18. The van der Waals surface area contributed by atoms with Gasteiger partial charge in [-0.05, 0) is 37.0 Å². The first-order valence-corrected chi connectivity index (χ1v) is 11.0. The van der Waals surface area contributed by atoms with Crippen LogP contribution in [-0.4, -0.2) is 44.5 Å². The van der Waals surface area contributed by atoms with E-state index in [-0.39, 0.29) is 11.8 Å². The SMILES string of the molecule is CS(=O)(=O)N1CCC(C(=O)NCC2CC2C2CCCCC2)CC1. The van der Waals surface area contributed by atoms with Gasteiger partial charge < -0.3 is 5.32 Å². The standard InChI is InChI=1S/C17H30N2O3S/c1-23(21,22)19-9-7-14(8-10-19)17(20)18-12-15-11-16(15)13-5-3-2-4-6-13/h13-16H,2-12H2,1H3,(H,18,20). The van der Waals surface area contributed by atoms with Crippen molar-refractivity contribution in [3.8, 4) is 0 Å². The molecule has 1 saturated heterocycles. The Bertz CT molecular complexity index is 520. The largest absolute Gasteiger partial charge is 0.356 e. The minimum absolute atomic E-state index is 0.0140. The molecule has 5 nitrogen and oxygen atoms in total.